The van der Waals surface area contributed by atoms with Gasteiger partial charge in [0, 0.05) is 13.5 Å². The molecule has 0 aromatic heterocycles. The summed E-state index contributed by atoms with van der Waals surface area (Å²) in [6, 6.07) is 29.9. The smallest absolute Gasteiger partial charge is 0.183 e. The summed E-state index contributed by atoms with van der Waals surface area (Å²) in [7, 11) is 1.53. The monoisotopic (exact) mass is 478 g/mol. The first-order valence-corrected chi connectivity index (χ1v) is 12.0. The maximum absolute atomic E-state index is 10.8. The van der Waals surface area contributed by atoms with Gasteiger partial charge in [-0.05, 0) is 16.7 Å². The molecule has 0 bridgehead atoms. The number of aliphatic hydroxyl groups excluding tert-OH is 1. The van der Waals surface area contributed by atoms with E-state index in [-0.39, 0.29) is 6.61 Å². The van der Waals surface area contributed by atoms with Gasteiger partial charge in [-0.2, -0.15) is 0 Å². The Hall–Kier alpha value is -2.58. The lowest BCUT2D eigenvalue weighted by atomic mass is 10.0. The van der Waals surface area contributed by atoms with E-state index in [9.17, 15) is 5.11 Å². The molecule has 0 aliphatic carbocycles. The van der Waals surface area contributed by atoms with E-state index in [1.165, 1.54) is 7.11 Å². The van der Waals surface area contributed by atoms with Gasteiger partial charge in [-0.15, -0.1) is 0 Å². The van der Waals surface area contributed by atoms with Crippen molar-refractivity contribution >= 4 is 0 Å². The number of methoxy groups -OCH3 is 1. The molecule has 35 heavy (non-hydrogen) atoms. The second-order valence-corrected chi connectivity index (χ2v) is 8.68. The van der Waals surface area contributed by atoms with E-state index < -0.39 is 30.7 Å². The van der Waals surface area contributed by atoms with E-state index in [1.807, 2.05) is 91.0 Å². The summed E-state index contributed by atoms with van der Waals surface area (Å²) in [5.74, 6) is 0. The number of rotatable bonds is 11. The first-order valence-electron chi connectivity index (χ1n) is 12.0. The highest BCUT2D eigenvalue weighted by molar-refractivity contribution is 5.15. The van der Waals surface area contributed by atoms with Crippen molar-refractivity contribution < 1.29 is 28.8 Å². The Bertz CT molecular complexity index is 968. The Morgan fingerprint density at radius 3 is 1.80 bits per heavy atom. The van der Waals surface area contributed by atoms with Gasteiger partial charge in [0.1, 0.15) is 18.3 Å². The fraction of sp³-hybridized carbons (Fsp3) is 0.379. The molecule has 1 fully saturated rings. The summed E-state index contributed by atoms with van der Waals surface area (Å²) in [5, 5.41) is 10.8. The summed E-state index contributed by atoms with van der Waals surface area (Å²) in [4.78, 5) is 0. The van der Waals surface area contributed by atoms with Gasteiger partial charge in [0.25, 0.3) is 0 Å². The van der Waals surface area contributed by atoms with Crippen LogP contribution in [0.15, 0.2) is 91.0 Å². The zero-order chi connectivity index (χ0) is 24.3. The molecule has 0 unspecified atom stereocenters. The number of benzene rings is 3. The van der Waals surface area contributed by atoms with Crippen LogP contribution in [-0.2, 0) is 43.5 Å². The lowest BCUT2D eigenvalue weighted by Gasteiger charge is -2.31. The Morgan fingerprint density at radius 1 is 0.743 bits per heavy atom. The Morgan fingerprint density at radius 2 is 1.26 bits per heavy atom. The van der Waals surface area contributed by atoms with Crippen molar-refractivity contribution in [3.63, 3.8) is 0 Å². The van der Waals surface area contributed by atoms with Crippen molar-refractivity contribution in [3.8, 4) is 0 Å². The van der Waals surface area contributed by atoms with Crippen molar-refractivity contribution in [1.29, 1.82) is 0 Å². The van der Waals surface area contributed by atoms with E-state index in [1.54, 1.807) is 0 Å². The fourth-order valence-electron chi connectivity index (χ4n) is 4.20. The van der Waals surface area contributed by atoms with Gasteiger partial charge in [0.15, 0.2) is 6.29 Å². The fourth-order valence-corrected chi connectivity index (χ4v) is 4.20. The molecule has 6 nitrogen and oxygen atoms in total. The molecule has 1 heterocycles. The van der Waals surface area contributed by atoms with Crippen LogP contribution in [-0.4, -0.2) is 49.5 Å². The molecule has 0 saturated carbocycles. The molecule has 1 aliphatic heterocycles. The molecular weight excluding hydrogens is 444 g/mol. The van der Waals surface area contributed by atoms with Gasteiger partial charge in [0.2, 0.25) is 0 Å². The van der Waals surface area contributed by atoms with Gasteiger partial charge >= 0.3 is 0 Å². The lowest BCUT2D eigenvalue weighted by Crippen LogP contribution is -2.44. The largest absolute Gasteiger partial charge is 0.388 e. The van der Waals surface area contributed by atoms with Crippen molar-refractivity contribution in [1.82, 2.24) is 0 Å². The summed E-state index contributed by atoms with van der Waals surface area (Å²) in [5.41, 5.74) is 3.17. The van der Waals surface area contributed by atoms with Crippen molar-refractivity contribution in [2.45, 2.75) is 56.9 Å². The Kier molecular flexibility index (Phi) is 9.84. The van der Waals surface area contributed by atoms with Crippen LogP contribution in [0.5, 0.6) is 0 Å². The van der Waals surface area contributed by atoms with Gasteiger partial charge in [-0.25, -0.2) is 0 Å². The third-order valence-corrected chi connectivity index (χ3v) is 6.05. The van der Waals surface area contributed by atoms with Crippen LogP contribution >= 0.6 is 0 Å². The maximum Gasteiger partial charge on any atom is 0.183 e. The molecular formula is C29H34O6. The number of hydrogen-bond acceptors (Lipinski definition) is 6. The first kappa shape index (κ1) is 25.5. The zero-order valence-corrected chi connectivity index (χ0v) is 20.1. The molecule has 4 rings (SSSR count). The average Bonchev–Trinajstić information content (AvgIpc) is 3.03. The highest BCUT2D eigenvalue weighted by Gasteiger charge is 2.41. The predicted molar refractivity (Wildman–Crippen MR) is 132 cm³/mol. The first-order chi connectivity index (χ1) is 17.2. The van der Waals surface area contributed by atoms with Crippen molar-refractivity contribution in [2.75, 3.05) is 13.7 Å². The van der Waals surface area contributed by atoms with E-state index in [0.29, 0.717) is 26.2 Å². The van der Waals surface area contributed by atoms with Gasteiger partial charge in [-0.3, -0.25) is 0 Å². The van der Waals surface area contributed by atoms with Crippen molar-refractivity contribution in [2.24, 2.45) is 0 Å². The Balaban J connectivity index is 1.51. The highest BCUT2D eigenvalue weighted by atomic mass is 16.7. The van der Waals surface area contributed by atoms with E-state index in [2.05, 4.69) is 0 Å². The average molecular weight is 479 g/mol. The molecule has 1 saturated heterocycles. The SMILES string of the molecule is CO[C@@H]1O[C@H](COCc2ccccc2)[C@@H](OCc2ccccc2)[C@H](OCc2ccccc2)C[C@H]1O. The summed E-state index contributed by atoms with van der Waals surface area (Å²) < 4.78 is 30.4. The van der Waals surface area contributed by atoms with Crippen molar-refractivity contribution in [3.05, 3.63) is 108 Å². The molecule has 3 aromatic carbocycles. The number of aliphatic hydroxyl groups is 1. The van der Waals surface area contributed by atoms with Crippen LogP contribution in [0.3, 0.4) is 0 Å². The minimum Gasteiger partial charge on any atom is -0.388 e. The summed E-state index contributed by atoms with van der Waals surface area (Å²) >= 11 is 0. The second kappa shape index (κ2) is 13.5. The third kappa shape index (κ3) is 7.70. The van der Waals surface area contributed by atoms with Gasteiger partial charge < -0.3 is 28.8 Å². The van der Waals surface area contributed by atoms with E-state index in [0.717, 1.165) is 16.7 Å². The summed E-state index contributed by atoms with van der Waals surface area (Å²) in [6.07, 6.45) is -2.72. The number of hydrogen-bond donors (Lipinski definition) is 1. The quantitative estimate of drug-likeness (QED) is 0.438. The summed E-state index contributed by atoms with van der Waals surface area (Å²) in [6.45, 7) is 1.51. The second-order valence-electron chi connectivity index (χ2n) is 8.68. The van der Waals surface area contributed by atoms with Crippen LogP contribution < -0.4 is 0 Å². The molecule has 3 aromatic rings. The van der Waals surface area contributed by atoms with Crippen LogP contribution in [0.2, 0.25) is 0 Å². The molecule has 0 spiro atoms. The van der Waals surface area contributed by atoms with Crippen LogP contribution in [0.25, 0.3) is 0 Å². The third-order valence-electron chi connectivity index (χ3n) is 6.05. The van der Waals surface area contributed by atoms with Crippen LogP contribution in [0.1, 0.15) is 23.1 Å². The van der Waals surface area contributed by atoms with Gasteiger partial charge in [-0.1, -0.05) is 91.0 Å². The molecule has 5 atom stereocenters. The molecule has 1 N–H and O–H groups in total. The number of ether oxygens (including phenoxy) is 5. The van der Waals surface area contributed by atoms with Crippen LogP contribution in [0, 0.1) is 0 Å². The highest BCUT2D eigenvalue weighted by Crippen LogP contribution is 2.27. The molecule has 6 heteroatoms. The molecule has 0 radical (unpaired) electrons. The Labute approximate surface area is 207 Å². The van der Waals surface area contributed by atoms with E-state index >= 15 is 0 Å². The molecule has 1 aliphatic rings. The van der Waals surface area contributed by atoms with E-state index in [4.69, 9.17) is 23.7 Å². The predicted octanol–water partition coefficient (Wildman–Crippen LogP) is 4.50. The standard InChI is InChI=1S/C29H34O6/c1-31-29-25(30)17-26(33-19-23-13-7-3-8-14-23)28(34-20-24-15-9-4-10-16-24)27(35-29)21-32-18-22-11-5-2-6-12-22/h2-16,25-30H,17-21H2,1H3/t25-,26-,27-,28+,29-/m1/s1. The van der Waals surface area contributed by atoms with Gasteiger partial charge in [0.05, 0.1) is 32.5 Å². The maximum atomic E-state index is 10.8. The minimum atomic E-state index is -0.859. The minimum absolute atomic E-state index is 0.270. The van der Waals surface area contributed by atoms with Crippen LogP contribution in [0.4, 0.5) is 0 Å². The zero-order valence-electron chi connectivity index (χ0n) is 20.1. The normalized spacial score (nSPS) is 24.7. The lowest BCUT2D eigenvalue weighted by molar-refractivity contribution is -0.225. The molecule has 186 valence electrons. The molecule has 0 amide bonds. The topological polar surface area (TPSA) is 66.4 Å².